The molecule has 0 atom stereocenters. The fraction of sp³-hybridized carbons (Fsp3) is 0.562. The summed E-state index contributed by atoms with van der Waals surface area (Å²) < 4.78 is 0. The Morgan fingerprint density at radius 1 is 1.25 bits per heavy atom. The number of hydrogen-bond acceptors (Lipinski definition) is 3. The van der Waals surface area contributed by atoms with E-state index in [0.717, 1.165) is 25.3 Å². The van der Waals surface area contributed by atoms with Gasteiger partial charge in [-0.3, -0.25) is 4.79 Å². The van der Waals surface area contributed by atoms with Crippen molar-refractivity contribution in [3.63, 3.8) is 0 Å². The standard InChI is InChI=1S/C16H27N3O/c1-5-17-11-14-6-8-15(9-7-14)19(4)12-16(20)18-10-13(2)3/h6-9,13,17H,5,10-12H2,1-4H3,(H,18,20). The van der Waals surface area contributed by atoms with E-state index in [-0.39, 0.29) is 5.91 Å². The molecule has 0 aliphatic heterocycles. The molecule has 4 nitrogen and oxygen atoms in total. The van der Waals surface area contributed by atoms with Crippen LogP contribution in [-0.2, 0) is 11.3 Å². The highest BCUT2D eigenvalue weighted by molar-refractivity contribution is 5.81. The van der Waals surface area contributed by atoms with Crippen molar-refractivity contribution in [2.24, 2.45) is 5.92 Å². The van der Waals surface area contributed by atoms with Crippen LogP contribution in [0.2, 0.25) is 0 Å². The topological polar surface area (TPSA) is 44.4 Å². The van der Waals surface area contributed by atoms with Gasteiger partial charge >= 0.3 is 0 Å². The van der Waals surface area contributed by atoms with E-state index in [4.69, 9.17) is 0 Å². The van der Waals surface area contributed by atoms with E-state index in [1.807, 2.05) is 11.9 Å². The molecule has 0 aromatic heterocycles. The molecule has 1 aromatic rings. The Bertz CT molecular complexity index is 401. The summed E-state index contributed by atoms with van der Waals surface area (Å²) in [5.74, 6) is 0.549. The Morgan fingerprint density at radius 2 is 1.90 bits per heavy atom. The van der Waals surface area contributed by atoms with Crippen molar-refractivity contribution in [1.29, 1.82) is 0 Å². The zero-order valence-corrected chi connectivity index (χ0v) is 13.1. The number of amides is 1. The second-order valence-electron chi connectivity index (χ2n) is 5.50. The molecule has 1 amide bonds. The minimum absolute atomic E-state index is 0.0675. The molecule has 0 aliphatic rings. The monoisotopic (exact) mass is 277 g/mol. The van der Waals surface area contributed by atoms with E-state index >= 15 is 0 Å². The molecule has 112 valence electrons. The molecule has 0 spiro atoms. The van der Waals surface area contributed by atoms with Gasteiger partial charge in [-0.15, -0.1) is 0 Å². The Labute approximate surface area is 122 Å². The molecule has 0 unspecified atom stereocenters. The number of carbonyl (C=O) groups excluding carboxylic acids is 1. The summed E-state index contributed by atoms with van der Waals surface area (Å²) >= 11 is 0. The smallest absolute Gasteiger partial charge is 0.239 e. The Hall–Kier alpha value is -1.55. The van der Waals surface area contributed by atoms with Crippen LogP contribution in [0.3, 0.4) is 0 Å². The minimum Gasteiger partial charge on any atom is -0.365 e. The largest absolute Gasteiger partial charge is 0.365 e. The number of benzene rings is 1. The maximum Gasteiger partial charge on any atom is 0.239 e. The third kappa shape index (κ3) is 6.06. The van der Waals surface area contributed by atoms with Crippen LogP contribution in [0.1, 0.15) is 26.3 Å². The highest BCUT2D eigenvalue weighted by atomic mass is 16.2. The average Bonchev–Trinajstić information content (AvgIpc) is 2.43. The first-order valence-electron chi connectivity index (χ1n) is 7.30. The minimum atomic E-state index is 0.0675. The summed E-state index contributed by atoms with van der Waals surface area (Å²) in [7, 11) is 1.94. The fourth-order valence-corrected chi connectivity index (χ4v) is 1.82. The average molecular weight is 277 g/mol. The van der Waals surface area contributed by atoms with Crippen molar-refractivity contribution in [1.82, 2.24) is 10.6 Å². The molecule has 1 rings (SSSR count). The summed E-state index contributed by atoms with van der Waals surface area (Å²) in [6, 6.07) is 8.31. The Balaban J connectivity index is 2.46. The van der Waals surface area contributed by atoms with Gasteiger partial charge in [0.15, 0.2) is 0 Å². The van der Waals surface area contributed by atoms with E-state index in [0.29, 0.717) is 12.5 Å². The predicted octanol–water partition coefficient (Wildman–Crippen LogP) is 2.00. The van der Waals surface area contributed by atoms with Gasteiger partial charge in [-0.05, 0) is 30.2 Å². The number of hydrogen-bond donors (Lipinski definition) is 2. The quantitative estimate of drug-likeness (QED) is 0.764. The molecule has 0 aliphatic carbocycles. The summed E-state index contributed by atoms with van der Waals surface area (Å²) in [4.78, 5) is 13.7. The highest BCUT2D eigenvalue weighted by Crippen LogP contribution is 2.13. The zero-order chi connectivity index (χ0) is 15.0. The van der Waals surface area contributed by atoms with Crippen LogP contribution < -0.4 is 15.5 Å². The van der Waals surface area contributed by atoms with Gasteiger partial charge in [0.05, 0.1) is 6.54 Å². The maximum absolute atomic E-state index is 11.8. The SMILES string of the molecule is CCNCc1ccc(N(C)CC(=O)NCC(C)C)cc1. The van der Waals surface area contributed by atoms with Gasteiger partial charge in [0, 0.05) is 25.8 Å². The first-order valence-corrected chi connectivity index (χ1v) is 7.30. The predicted molar refractivity (Wildman–Crippen MR) is 84.9 cm³/mol. The summed E-state index contributed by atoms with van der Waals surface area (Å²) in [5, 5.41) is 6.23. The lowest BCUT2D eigenvalue weighted by Crippen LogP contribution is -2.36. The van der Waals surface area contributed by atoms with Crippen LogP contribution >= 0.6 is 0 Å². The van der Waals surface area contributed by atoms with Gasteiger partial charge < -0.3 is 15.5 Å². The molecule has 0 fully saturated rings. The van der Waals surface area contributed by atoms with Crippen LogP contribution in [0.4, 0.5) is 5.69 Å². The van der Waals surface area contributed by atoms with Gasteiger partial charge in [-0.25, -0.2) is 0 Å². The van der Waals surface area contributed by atoms with E-state index in [9.17, 15) is 4.79 Å². The molecule has 1 aromatic carbocycles. The van der Waals surface area contributed by atoms with Crippen LogP contribution in [-0.4, -0.2) is 32.6 Å². The number of nitrogens with one attached hydrogen (secondary N) is 2. The van der Waals surface area contributed by atoms with Gasteiger partial charge in [0.2, 0.25) is 5.91 Å². The van der Waals surface area contributed by atoms with Gasteiger partial charge in [-0.2, -0.15) is 0 Å². The Morgan fingerprint density at radius 3 is 2.45 bits per heavy atom. The highest BCUT2D eigenvalue weighted by Gasteiger charge is 2.07. The lowest BCUT2D eigenvalue weighted by atomic mass is 10.2. The molecule has 20 heavy (non-hydrogen) atoms. The van der Waals surface area contributed by atoms with Crippen molar-refractivity contribution >= 4 is 11.6 Å². The van der Waals surface area contributed by atoms with Crippen LogP contribution in [0, 0.1) is 5.92 Å². The molecule has 0 saturated heterocycles. The number of nitrogens with zero attached hydrogens (tertiary/aromatic N) is 1. The first-order chi connectivity index (χ1) is 9.52. The summed E-state index contributed by atoms with van der Waals surface area (Å²) in [6.07, 6.45) is 0. The van der Waals surface area contributed by atoms with Crippen LogP contribution in [0.25, 0.3) is 0 Å². The normalized spacial score (nSPS) is 10.7. The lowest BCUT2D eigenvalue weighted by Gasteiger charge is -2.19. The molecular formula is C16H27N3O. The second kappa shape index (κ2) is 8.59. The maximum atomic E-state index is 11.8. The number of rotatable bonds is 8. The number of carbonyl (C=O) groups is 1. The van der Waals surface area contributed by atoms with Gasteiger partial charge in [0.25, 0.3) is 0 Å². The Kier molecular flexibility index (Phi) is 7.09. The lowest BCUT2D eigenvalue weighted by molar-refractivity contribution is -0.119. The molecule has 0 bridgehead atoms. The molecule has 0 saturated carbocycles. The number of anilines is 1. The van der Waals surface area contributed by atoms with Gasteiger partial charge in [0.1, 0.15) is 0 Å². The molecule has 2 N–H and O–H groups in total. The van der Waals surface area contributed by atoms with Crippen molar-refractivity contribution in [2.75, 3.05) is 31.6 Å². The van der Waals surface area contributed by atoms with E-state index < -0.39 is 0 Å². The third-order valence-electron chi connectivity index (χ3n) is 3.04. The van der Waals surface area contributed by atoms with Gasteiger partial charge in [-0.1, -0.05) is 32.9 Å². The second-order valence-corrected chi connectivity index (χ2v) is 5.50. The van der Waals surface area contributed by atoms with Crippen molar-refractivity contribution < 1.29 is 4.79 Å². The summed E-state index contributed by atoms with van der Waals surface area (Å²) in [5.41, 5.74) is 2.32. The molecule has 0 radical (unpaired) electrons. The summed E-state index contributed by atoms with van der Waals surface area (Å²) in [6.45, 7) is 9.25. The fourth-order valence-electron chi connectivity index (χ4n) is 1.82. The van der Waals surface area contributed by atoms with Crippen LogP contribution in [0.5, 0.6) is 0 Å². The number of likely N-dealkylation sites (N-methyl/N-ethyl adjacent to an activating group) is 1. The molecule has 0 heterocycles. The van der Waals surface area contributed by atoms with Crippen molar-refractivity contribution in [2.45, 2.75) is 27.3 Å². The first kappa shape index (κ1) is 16.5. The van der Waals surface area contributed by atoms with E-state index in [2.05, 4.69) is 55.7 Å². The van der Waals surface area contributed by atoms with Crippen LogP contribution in [0.15, 0.2) is 24.3 Å². The zero-order valence-electron chi connectivity index (χ0n) is 13.1. The molecule has 4 heteroatoms. The van der Waals surface area contributed by atoms with Crippen molar-refractivity contribution in [3.8, 4) is 0 Å². The van der Waals surface area contributed by atoms with E-state index in [1.54, 1.807) is 0 Å². The molecular weight excluding hydrogens is 250 g/mol. The van der Waals surface area contributed by atoms with Crippen molar-refractivity contribution in [3.05, 3.63) is 29.8 Å². The third-order valence-corrected chi connectivity index (χ3v) is 3.04. The van der Waals surface area contributed by atoms with E-state index in [1.165, 1.54) is 5.56 Å².